The first-order valence-corrected chi connectivity index (χ1v) is 8.48. The lowest BCUT2D eigenvalue weighted by Gasteiger charge is -2.23. The molecule has 1 aromatic rings. The summed E-state index contributed by atoms with van der Waals surface area (Å²) in [7, 11) is 0. The maximum absolute atomic E-state index is 12.5. The van der Waals surface area contributed by atoms with E-state index in [1.807, 2.05) is 48.6 Å². The molecule has 0 bridgehead atoms. The van der Waals surface area contributed by atoms with E-state index in [4.69, 9.17) is 9.47 Å². The van der Waals surface area contributed by atoms with Crippen LogP contribution in [0.4, 0.5) is 0 Å². The lowest BCUT2D eigenvalue weighted by molar-refractivity contribution is -0.171. The van der Waals surface area contributed by atoms with Crippen LogP contribution in [-0.4, -0.2) is 25.2 Å². The predicted molar refractivity (Wildman–Crippen MR) is 97.6 cm³/mol. The normalized spacial score (nSPS) is 17.8. The fourth-order valence-corrected chi connectivity index (χ4v) is 2.92. The van der Waals surface area contributed by atoms with E-state index in [-0.39, 0.29) is 26.1 Å². The van der Waals surface area contributed by atoms with Crippen molar-refractivity contribution in [2.45, 2.75) is 26.7 Å². The predicted octanol–water partition coefficient (Wildman–Crippen LogP) is 4.09. The summed E-state index contributed by atoms with van der Waals surface area (Å²) in [6.07, 6.45) is 6.26. The summed E-state index contributed by atoms with van der Waals surface area (Å²) in [6, 6.07) is 9.89. The third kappa shape index (κ3) is 4.27. The molecule has 1 aliphatic rings. The number of allylic oxidation sites excluding steroid dienone is 4. The van der Waals surface area contributed by atoms with Gasteiger partial charge in [0, 0.05) is 0 Å². The summed E-state index contributed by atoms with van der Waals surface area (Å²) in [5, 5.41) is 0. The first-order valence-electron chi connectivity index (χ1n) is 8.48. The summed E-state index contributed by atoms with van der Waals surface area (Å²) in [4.78, 5) is 24.9. The van der Waals surface area contributed by atoms with Crippen LogP contribution in [0.15, 0.2) is 60.2 Å². The zero-order chi connectivity index (χ0) is 18.3. The van der Waals surface area contributed by atoms with Crippen LogP contribution in [0.2, 0.25) is 0 Å². The largest absolute Gasteiger partial charge is 0.465 e. The van der Waals surface area contributed by atoms with Crippen molar-refractivity contribution in [2.24, 2.45) is 5.41 Å². The van der Waals surface area contributed by atoms with Gasteiger partial charge in [-0.05, 0) is 37.8 Å². The summed E-state index contributed by atoms with van der Waals surface area (Å²) in [6.45, 7) is 7.91. The van der Waals surface area contributed by atoms with Gasteiger partial charge in [-0.3, -0.25) is 9.59 Å². The summed E-state index contributed by atoms with van der Waals surface area (Å²) in [5.74, 6) is -1.07. The average molecular weight is 340 g/mol. The van der Waals surface area contributed by atoms with Gasteiger partial charge in [0.15, 0.2) is 5.41 Å². The van der Waals surface area contributed by atoms with Gasteiger partial charge in [0.05, 0.1) is 13.2 Å². The highest BCUT2D eigenvalue weighted by Gasteiger charge is 2.53. The minimum Gasteiger partial charge on any atom is -0.465 e. The molecular formula is C21H24O4. The molecule has 25 heavy (non-hydrogen) atoms. The van der Waals surface area contributed by atoms with Crippen molar-refractivity contribution in [1.29, 1.82) is 0 Å². The highest BCUT2D eigenvalue weighted by Crippen LogP contribution is 2.46. The second kappa shape index (κ2) is 8.47. The van der Waals surface area contributed by atoms with Crippen LogP contribution in [0.25, 0.3) is 6.08 Å². The molecule has 4 nitrogen and oxygen atoms in total. The second-order valence-electron chi connectivity index (χ2n) is 5.94. The maximum Gasteiger partial charge on any atom is 0.324 e. The van der Waals surface area contributed by atoms with Crippen molar-refractivity contribution in [3.05, 3.63) is 65.8 Å². The Morgan fingerprint density at radius 3 is 2.24 bits per heavy atom. The van der Waals surface area contributed by atoms with Crippen LogP contribution < -0.4 is 0 Å². The van der Waals surface area contributed by atoms with E-state index in [0.717, 1.165) is 16.7 Å². The van der Waals surface area contributed by atoms with E-state index >= 15 is 0 Å². The van der Waals surface area contributed by atoms with Gasteiger partial charge in [0.1, 0.15) is 0 Å². The third-order valence-corrected chi connectivity index (χ3v) is 4.18. The molecule has 0 N–H and O–H groups in total. The summed E-state index contributed by atoms with van der Waals surface area (Å²) < 4.78 is 10.3. The molecule has 1 aromatic carbocycles. The van der Waals surface area contributed by atoms with E-state index in [9.17, 15) is 9.59 Å². The van der Waals surface area contributed by atoms with E-state index in [1.165, 1.54) is 0 Å². The van der Waals surface area contributed by atoms with Gasteiger partial charge in [0.25, 0.3) is 0 Å². The molecule has 132 valence electrons. The quantitative estimate of drug-likeness (QED) is 0.578. The van der Waals surface area contributed by atoms with Crippen LogP contribution in [0.3, 0.4) is 0 Å². The van der Waals surface area contributed by atoms with Gasteiger partial charge in [-0.15, -0.1) is 0 Å². The van der Waals surface area contributed by atoms with Crippen molar-refractivity contribution >= 4 is 18.0 Å². The Morgan fingerprint density at radius 1 is 1.08 bits per heavy atom. The van der Waals surface area contributed by atoms with Gasteiger partial charge in [-0.1, -0.05) is 60.7 Å². The van der Waals surface area contributed by atoms with Gasteiger partial charge in [0.2, 0.25) is 0 Å². The third-order valence-electron chi connectivity index (χ3n) is 4.18. The molecule has 1 aliphatic carbocycles. The standard InChI is InChI=1S/C21H24O4/c1-4-24-19(22)21(20(23)25-5-2)14-16(3)18(15-21)13-9-12-17-10-7-6-8-11-17/h6-13H,3-5,14-15H2,1-2H3/b12-9+,18-13+. The highest BCUT2D eigenvalue weighted by molar-refractivity contribution is 6.02. The van der Waals surface area contributed by atoms with Gasteiger partial charge >= 0.3 is 11.9 Å². The number of benzene rings is 1. The Hall–Kier alpha value is -2.62. The van der Waals surface area contributed by atoms with Crippen LogP contribution in [0.5, 0.6) is 0 Å². The zero-order valence-electron chi connectivity index (χ0n) is 14.8. The smallest absolute Gasteiger partial charge is 0.324 e. The van der Waals surface area contributed by atoms with E-state index in [0.29, 0.717) is 0 Å². The van der Waals surface area contributed by atoms with Gasteiger partial charge < -0.3 is 9.47 Å². The Kier molecular flexibility index (Phi) is 6.34. The second-order valence-corrected chi connectivity index (χ2v) is 5.94. The van der Waals surface area contributed by atoms with Crippen molar-refractivity contribution in [3.8, 4) is 0 Å². The van der Waals surface area contributed by atoms with E-state index in [2.05, 4.69) is 6.58 Å². The molecule has 0 aromatic heterocycles. The number of hydrogen-bond acceptors (Lipinski definition) is 4. The molecule has 0 saturated heterocycles. The number of ether oxygens (including phenoxy) is 2. The van der Waals surface area contributed by atoms with Crippen LogP contribution >= 0.6 is 0 Å². The zero-order valence-corrected chi connectivity index (χ0v) is 14.8. The molecule has 0 amide bonds. The summed E-state index contributed by atoms with van der Waals surface area (Å²) in [5.41, 5.74) is 1.40. The summed E-state index contributed by atoms with van der Waals surface area (Å²) >= 11 is 0. The van der Waals surface area contributed by atoms with Crippen molar-refractivity contribution in [3.63, 3.8) is 0 Å². The Morgan fingerprint density at radius 2 is 1.68 bits per heavy atom. The molecule has 2 rings (SSSR count). The lowest BCUT2D eigenvalue weighted by Crippen LogP contribution is -2.39. The Bertz CT molecular complexity index is 680. The molecule has 0 heterocycles. The maximum atomic E-state index is 12.5. The molecule has 1 fully saturated rings. The fourth-order valence-electron chi connectivity index (χ4n) is 2.92. The number of rotatable bonds is 6. The topological polar surface area (TPSA) is 52.6 Å². The Balaban J connectivity index is 2.24. The Labute approximate surface area is 148 Å². The van der Waals surface area contributed by atoms with Crippen LogP contribution in [-0.2, 0) is 19.1 Å². The van der Waals surface area contributed by atoms with E-state index in [1.54, 1.807) is 13.8 Å². The van der Waals surface area contributed by atoms with Gasteiger partial charge in [-0.2, -0.15) is 0 Å². The van der Waals surface area contributed by atoms with Crippen molar-refractivity contribution in [1.82, 2.24) is 0 Å². The lowest BCUT2D eigenvalue weighted by atomic mass is 9.85. The average Bonchev–Trinajstić information content (AvgIpc) is 2.94. The molecule has 1 saturated carbocycles. The van der Waals surface area contributed by atoms with Crippen molar-refractivity contribution in [2.75, 3.05) is 13.2 Å². The number of carbonyl (C=O) groups is 2. The minimum absolute atomic E-state index is 0.222. The monoisotopic (exact) mass is 340 g/mol. The molecule has 0 spiro atoms. The number of hydrogen-bond donors (Lipinski definition) is 0. The first-order chi connectivity index (χ1) is 12.0. The molecule has 4 heteroatoms. The van der Waals surface area contributed by atoms with E-state index < -0.39 is 17.4 Å². The number of carbonyl (C=O) groups excluding carboxylic acids is 2. The SMILES string of the molecule is C=C1CC(C(=O)OCC)(C(=O)OCC)C/C1=C\C=C\c1ccccc1. The first kappa shape index (κ1) is 18.7. The number of esters is 2. The minimum atomic E-state index is -1.31. The van der Waals surface area contributed by atoms with Gasteiger partial charge in [-0.25, -0.2) is 0 Å². The molecule has 0 aliphatic heterocycles. The molecular weight excluding hydrogens is 316 g/mol. The molecule has 0 atom stereocenters. The van der Waals surface area contributed by atoms with Crippen LogP contribution in [0.1, 0.15) is 32.3 Å². The van der Waals surface area contributed by atoms with Crippen molar-refractivity contribution < 1.29 is 19.1 Å². The molecule has 0 radical (unpaired) electrons. The van der Waals surface area contributed by atoms with Crippen LogP contribution in [0, 0.1) is 5.41 Å². The highest BCUT2D eigenvalue weighted by atomic mass is 16.6. The fraction of sp³-hybridized carbons (Fsp3) is 0.333. The molecule has 0 unspecified atom stereocenters.